The first-order valence-electron chi connectivity index (χ1n) is 3.82. The second-order valence-electron chi connectivity index (χ2n) is 3.63. The van der Waals surface area contributed by atoms with Crippen LogP contribution >= 0.6 is 50.2 Å². The topological polar surface area (TPSA) is 9.23 Å². The van der Waals surface area contributed by atoms with E-state index in [2.05, 4.69) is 0 Å². The molecular weight excluding hydrogens is 273 g/mol. The van der Waals surface area contributed by atoms with Crippen LogP contribution in [0.2, 0.25) is 0 Å². The van der Waals surface area contributed by atoms with Crippen molar-refractivity contribution in [1.82, 2.24) is 0 Å². The van der Waals surface area contributed by atoms with Gasteiger partial charge in [-0.25, -0.2) is 0 Å². The van der Waals surface area contributed by atoms with Gasteiger partial charge in [0.25, 0.3) is 0 Å². The Morgan fingerprint density at radius 3 is 2.00 bits per heavy atom. The van der Waals surface area contributed by atoms with E-state index in [1.165, 1.54) is 5.82 Å². The van der Waals surface area contributed by atoms with Gasteiger partial charge in [-0.15, -0.1) is 0 Å². The van der Waals surface area contributed by atoms with Crippen molar-refractivity contribution in [2.45, 2.75) is 26.4 Å². The first-order valence-corrected chi connectivity index (χ1v) is 9.14. The standard InChI is InChI=1S/C7H11Cl4OP/c1-5(2)7(3)6(8)4-13(9,10,11)12-7/h4-5H,1-3H3. The average Bonchev–Trinajstić information content (AvgIpc) is 1.98. The third-order valence-corrected chi connectivity index (χ3v) is 5.72. The van der Waals surface area contributed by atoms with Gasteiger partial charge in [-0.1, -0.05) is 0 Å². The molecule has 13 heavy (non-hydrogen) atoms. The van der Waals surface area contributed by atoms with E-state index in [4.69, 9.17) is 49.8 Å². The number of hydrogen-bond acceptors (Lipinski definition) is 1. The summed E-state index contributed by atoms with van der Waals surface area (Å²) in [6, 6.07) is 0. The molecule has 0 aliphatic carbocycles. The van der Waals surface area contributed by atoms with Gasteiger partial charge in [0.05, 0.1) is 0 Å². The molecule has 1 unspecified atom stereocenters. The van der Waals surface area contributed by atoms with Crippen LogP contribution in [0.4, 0.5) is 0 Å². The molecule has 0 saturated heterocycles. The van der Waals surface area contributed by atoms with Crippen molar-refractivity contribution >= 4 is 50.2 Å². The average molecular weight is 284 g/mol. The van der Waals surface area contributed by atoms with Gasteiger partial charge in [0.1, 0.15) is 0 Å². The van der Waals surface area contributed by atoms with Crippen LogP contribution in [-0.2, 0) is 4.52 Å². The molecule has 0 bridgehead atoms. The van der Waals surface area contributed by atoms with E-state index in [1.54, 1.807) is 0 Å². The molecule has 0 aromatic rings. The van der Waals surface area contributed by atoms with Crippen molar-refractivity contribution in [1.29, 1.82) is 0 Å². The Labute approximate surface area is 97.7 Å². The van der Waals surface area contributed by atoms with Crippen molar-refractivity contribution in [2.24, 2.45) is 5.92 Å². The van der Waals surface area contributed by atoms with Crippen LogP contribution in [0.15, 0.2) is 10.8 Å². The van der Waals surface area contributed by atoms with Gasteiger partial charge in [-0.05, 0) is 0 Å². The van der Waals surface area contributed by atoms with Gasteiger partial charge in [0, 0.05) is 0 Å². The molecular formula is C7H11Cl4OP. The molecule has 0 aromatic heterocycles. The molecule has 1 rings (SSSR count). The van der Waals surface area contributed by atoms with E-state index in [9.17, 15) is 0 Å². The van der Waals surface area contributed by atoms with E-state index < -0.39 is 10.5 Å². The van der Waals surface area contributed by atoms with Gasteiger partial charge in [0.15, 0.2) is 0 Å². The molecule has 0 aromatic carbocycles. The zero-order valence-electron chi connectivity index (χ0n) is 7.52. The minimum absolute atomic E-state index is 0.163. The van der Waals surface area contributed by atoms with E-state index in [1.807, 2.05) is 20.8 Å². The summed E-state index contributed by atoms with van der Waals surface area (Å²) in [7, 11) is 0. The number of rotatable bonds is 1. The van der Waals surface area contributed by atoms with Crippen LogP contribution < -0.4 is 0 Å². The summed E-state index contributed by atoms with van der Waals surface area (Å²) in [5.74, 6) is 1.61. The Bertz CT molecular complexity index is 267. The second kappa shape index (κ2) is 3.14. The van der Waals surface area contributed by atoms with Crippen molar-refractivity contribution in [2.75, 3.05) is 0 Å². The van der Waals surface area contributed by atoms with Crippen molar-refractivity contribution in [3.8, 4) is 0 Å². The molecule has 1 heterocycles. The SMILES string of the molecule is CC(C)C1(C)OP(Cl)(Cl)(Cl)C=C1Cl. The summed E-state index contributed by atoms with van der Waals surface area (Å²) in [4.78, 5) is -3.64. The van der Waals surface area contributed by atoms with Crippen LogP contribution in [0.25, 0.3) is 0 Å². The van der Waals surface area contributed by atoms with Crippen LogP contribution in [0.5, 0.6) is 0 Å². The third-order valence-electron chi connectivity index (χ3n) is 2.23. The molecule has 0 spiro atoms. The third kappa shape index (κ3) is 2.45. The Morgan fingerprint density at radius 1 is 1.38 bits per heavy atom. The Balaban J connectivity index is 3.09. The van der Waals surface area contributed by atoms with Crippen LogP contribution in [-0.4, -0.2) is 5.60 Å². The Morgan fingerprint density at radius 2 is 1.85 bits per heavy atom. The molecule has 1 atom stereocenters. The van der Waals surface area contributed by atoms with E-state index in [-0.39, 0.29) is 5.92 Å². The normalized spacial score (nSPS) is 39.7. The van der Waals surface area contributed by atoms with Crippen LogP contribution in [0, 0.1) is 5.92 Å². The quantitative estimate of drug-likeness (QED) is 0.582. The minimum atomic E-state index is -3.64. The summed E-state index contributed by atoms with van der Waals surface area (Å²) in [5.41, 5.74) is -0.662. The first-order chi connectivity index (χ1) is 5.55. The van der Waals surface area contributed by atoms with E-state index in [0.717, 1.165) is 0 Å². The van der Waals surface area contributed by atoms with Gasteiger partial charge in [-0.3, -0.25) is 0 Å². The molecule has 0 N–H and O–H groups in total. The molecule has 6 heteroatoms. The van der Waals surface area contributed by atoms with Crippen LogP contribution in [0.1, 0.15) is 20.8 Å². The maximum absolute atomic E-state index is 6.00. The second-order valence-corrected chi connectivity index (χ2v) is 13.7. The predicted octanol–water partition coefficient (Wildman–Crippen LogP) is 5.44. The fraction of sp³-hybridized carbons (Fsp3) is 0.714. The molecule has 0 amide bonds. The molecule has 0 saturated carbocycles. The zero-order valence-corrected chi connectivity index (χ0v) is 11.4. The van der Waals surface area contributed by atoms with Crippen molar-refractivity contribution in [3.63, 3.8) is 0 Å². The zero-order chi connectivity index (χ0) is 10.5. The molecule has 1 aliphatic heterocycles. The predicted molar refractivity (Wildman–Crippen MR) is 62.7 cm³/mol. The van der Waals surface area contributed by atoms with Gasteiger partial charge >= 0.3 is 97.9 Å². The fourth-order valence-electron chi connectivity index (χ4n) is 1.08. The van der Waals surface area contributed by atoms with E-state index in [0.29, 0.717) is 5.03 Å². The summed E-state index contributed by atoms with van der Waals surface area (Å²) < 4.78 is 5.50. The van der Waals surface area contributed by atoms with Crippen molar-refractivity contribution in [3.05, 3.63) is 10.8 Å². The van der Waals surface area contributed by atoms with Crippen molar-refractivity contribution < 1.29 is 4.52 Å². The number of halogens is 4. The maximum atomic E-state index is 6.00. The van der Waals surface area contributed by atoms with Gasteiger partial charge < -0.3 is 0 Å². The first kappa shape index (κ1) is 12.4. The summed E-state index contributed by atoms with van der Waals surface area (Å²) in [6.07, 6.45) is 0. The van der Waals surface area contributed by atoms with Gasteiger partial charge in [-0.2, -0.15) is 0 Å². The summed E-state index contributed by atoms with van der Waals surface area (Å²) in [6.45, 7) is 5.77. The molecule has 78 valence electrons. The van der Waals surface area contributed by atoms with Crippen LogP contribution in [0.3, 0.4) is 0 Å². The Hall–Kier alpha value is 1.29. The van der Waals surface area contributed by atoms with Gasteiger partial charge in [0.2, 0.25) is 0 Å². The summed E-state index contributed by atoms with van der Waals surface area (Å²) >= 11 is 23.8. The Kier molecular flexibility index (Phi) is 2.98. The molecule has 1 nitrogen and oxygen atoms in total. The molecule has 0 fully saturated rings. The summed E-state index contributed by atoms with van der Waals surface area (Å²) in [5, 5.41) is 0.486. The molecule has 1 aliphatic rings. The fourth-order valence-corrected chi connectivity index (χ4v) is 6.18. The van der Waals surface area contributed by atoms with E-state index >= 15 is 0 Å². The number of hydrogen-bond donors (Lipinski definition) is 0. The molecule has 0 radical (unpaired) electrons. The monoisotopic (exact) mass is 282 g/mol.